The molecule has 5 nitrogen and oxygen atoms in total. The van der Waals surface area contributed by atoms with Crippen LogP contribution in [-0.4, -0.2) is 15.9 Å². The molecule has 26 heavy (non-hydrogen) atoms. The summed E-state index contributed by atoms with van der Waals surface area (Å²) in [5.74, 6) is -0.882. The fourth-order valence-corrected chi connectivity index (χ4v) is 2.50. The van der Waals surface area contributed by atoms with Gasteiger partial charge in [0.25, 0.3) is 5.91 Å². The maximum atomic E-state index is 13.2. The number of nitrogens with one attached hydrogen (secondary N) is 1. The lowest BCUT2D eigenvalue weighted by molar-refractivity contribution is -0.137. The molecular formula is C18H14F3N3O2. The third-order valence-electron chi connectivity index (χ3n) is 3.74. The van der Waals surface area contributed by atoms with Crippen molar-refractivity contribution in [1.29, 1.82) is 0 Å². The van der Waals surface area contributed by atoms with E-state index < -0.39 is 23.7 Å². The Morgan fingerprint density at radius 1 is 1.12 bits per heavy atom. The fourth-order valence-electron chi connectivity index (χ4n) is 2.50. The van der Waals surface area contributed by atoms with Crippen LogP contribution in [0.2, 0.25) is 0 Å². The number of amides is 1. The normalized spacial score (nSPS) is 12.6. The SMILES string of the molecule is CC(NC(=O)c1ncoc1-c1ccccc1C(F)(F)F)c1ccccn1. The predicted octanol–water partition coefficient (Wildman–Crippen LogP) is 4.25. The van der Waals surface area contributed by atoms with E-state index in [2.05, 4.69) is 15.3 Å². The molecular weight excluding hydrogens is 347 g/mol. The maximum Gasteiger partial charge on any atom is 0.417 e. The van der Waals surface area contributed by atoms with Crippen molar-refractivity contribution in [2.24, 2.45) is 0 Å². The lowest BCUT2D eigenvalue weighted by Crippen LogP contribution is -2.28. The van der Waals surface area contributed by atoms with Crippen LogP contribution < -0.4 is 5.32 Å². The topological polar surface area (TPSA) is 68.0 Å². The third-order valence-corrected chi connectivity index (χ3v) is 3.74. The van der Waals surface area contributed by atoms with Crippen molar-refractivity contribution < 1.29 is 22.4 Å². The Morgan fingerprint density at radius 2 is 1.85 bits per heavy atom. The van der Waals surface area contributed by atoms with Gasteiger partial charge in [0, 0.05) is 11.8 Å². The highest BCUT2D eigenvalue weighted by molar-refractivity contribution is 5.98. The molecule has 1 unspecified atom stereocenters. The summed E-state index contributed by atoms with van der Waals surface area (Å²) < 4.78 is 44.8. The van der Waals surface area contributed by atoms with Crippen molar-refractivity contribution in [2.45, 2.75) is 19.1 Å². The summed E-state index contributed by atoms with van der Waals surface area (Å²) >= 11 is 0. The van der Waals surface area contributed by atoms with Crippen molar-refractivity contribution in [1.82, 2.24) is 15.3 Å². The number of pyridine rings is 1. The molecule has 0 aliphatic heterocycles. The molecule has 0 aliphatic carbocycles. The van der Waals surface area contributed by atoms with E-state index in [0.717, 1.165) is 12.5 Å². The average Bonchev–Trinajstić information content (AvgIpc) is 3.11. The number of aromatic nitrogens is 2. The quantitative estimate of drug-likeness (QED) is 0.754. The number of hydrogen-bond acceptors (Lipinski definition) is 4. The number of halogens is 3. The minimum atomic E-state index is -4.58. The van der Waals surface area contributed by atoms with Gasteiger partial charge in [-0.2, -0.15) is 13.2 Å². The van der Waals surface area contributed by atoms with E-state index in [1.807, 2.05) is 0 Å². The molecule has 1 N–H and O–H groups in total. The number of carbonyl (C=O) groups excluding carboxylic acids is 1. The van der Waals surface area contributed by atoms with Crippen LogP contribution in [0.1, 0.15) is 34.7 Å². The summed E-state index contributed by atoms with van der Waals surface area (Å²) in [6.07, 6.45) is -2.06. The van der Waals surface area contributed by atoms with Crippen LogP contribution >= 0.6 is 0 Å². The molecule has 134 valence electrons. The zero-order valence-electron chi connectivity index (χ0n) is 13.6. The lowest BCUT2D eigenvalue weighted by Gasteiger charge is -2.14. The molecule has 0 fully saturated rings. The Balaban J connectivity index is 1.91. The summed E-state index contributed by atoms with van der Waals surface area (Å²) in [5, 5.41) is 2.66. The van der Waals surface area contributed by atoms with E-state index in [-0.39, 0.29) is 17.0 Å². The van der Waals surface area contributed by atoms with Crippen molar-refractivity contribution in [2.75, 3.05) is 0 Å². The molecule has 3 aromatic rings. The molecule has 2 heterocycles. The van der Waals surface area contributed by atoms with Crippen molar-refractivity contribution >= 4 is 5.91 Å². The van der Waals surface area contributed by atoms with Gasteiger partial charge >= 0.3 is 6.18 Å². The first kappa shape index (κ1) is 17.7. The smallest absolute Gasteiger partial charge is 0.417 e. The highest BCUT2D eigenvalue weighted by atomic mass is 19.4. The van der Waals surface area contributed by atoms with E-state index in [1.165, 1.54) is 18.2 Å². The number of oxazole rings is 1. The van der Waals surface area contributed by atoms with Gasteiger partial charge in [-0.1, -0.05) is 24.3 Å². The van der Waals surface area contributed by atoms with E-state index >= 15 is 0 Å². The van der Waals surface area contributed by atoms with Gasteiger partial charge in [-0.15, -0.1) is 0 Å². The number of benzene rings is 1. The largest absolute Gasteiger partial charge is 0.443 e. The van der Waals surface area contributed by atoms with Gasteiger partial charge in [-0.3, -0.25) is 9.78 Å². The van der Waals surface area contributed by atoms with Gasteiger partial charge in [-0.25, -0.2) is 4.98 Å². The van der Waals surface area contributed by atoms with E-state index in [1.54, 1.807) is 31.3 Å². The molecule has 1 amide bonds. The minimum Gasteiger partial charge on any atom is -0.443 e. The highest BCUT2D eigenvalue weighted by Crippen LogP contribution is 2.37. The summed E-state index contributed by atoms with van der Waals surface area (Å²) in [6, 6.07) is 9.66. The molecule has 1 atom stereocenters. The molecule has 0 radical (unpaired) electrons. The van der Waals surface area contributed by atoms with Crippen molar-refractivity contribution in [3.8, 4) is 11.3 Å². The summed E-state index contributed by atoms with van der Waals surface area (Å²) in [4.78, 5) is 20.4. The van der Waals surface area contributed by atoms with Crippen molar-refractivity contribution in [3.05, 3.63) is 72.0 Å². The highest BCUT2D eigenvalue weighted by Gasteiger charge is 2.35. The van der Waals surface area contributed by atoms with Gasteiger partial charge < -0.3 is 9.73 Å². The number of carbonyl (C=O) groups is 1. The van der Waals surface area contributed by atoms with Crippen LogP contribution in [0, 0.1) is 0 Å². The predicted molar refractivity (Wildman–Crippen MR) is 87.1 cm³/mol. The molecule has 8 heteroatoms. The first-order valence-corrected chi connectivity index (χ1v) is 7.70. The third kappa shape index (κ3) is 3.58. The van der Waals surface area contributed by atoms with Crippen LogP contribution in [0.5, 0.6) is 0 Å². The first-order chi connectivity index (χ1) is 12.4. The van der Waals surface area contributed by atoms with E-state index in [4.69, 9.17) is 4.42 Å². The summed E-state index contributed by atoms with van der Waals surface area (Å²) in [5.41, 5.74) is -0.747. The second-order valence-electron chi connectivity index (χ2n) is 5.52. The first-order valence-electron chi connectivity index (χ1n) is 7.70. The van der Waals surface area contributed by atoms with E-state index in [9.17, 15) is 18.0 Å². The monoisotopic (exact) mass is 361 g/mol. The maximum absolute atomic E-state index is 13.2. The van der Waals surface area contributed by atoms with Gasteiger partial charge in [0.05, 0.1) is 17.3 Å². The number of alkyl halides is 3. The van der Waals surface area contributed by atoms with Crippen LogP contribution in [0.3, 0.4) is 0 Å². The van der Waals surface area contributed by atoms with Gasteiger partial charge in [0.15, 0.2) is 17.8 Å². The Morgan fingerprint density at radius 3 is 2.54 bits per heavy atom. The lowest BCUT2D eigenvalue weighted by atomic mass is 10.0. The number of hydrogen-bond donors (Lipinski definition) is 1. The van der Waals surface area contributed by atoms with E-state index in [0.29, 0.717) is 5.69 Å². The second kappa shape index (κ2) is 6.99. The number of rotatable bonds is 4. The molecule has 0 saturated carbocycles. The minimum absolute atomic E-state index is 0.218. The Labute approximate surface area is 146 Å². The average molecular weight is 361 g/mol. The molecule has 0 aliphatic rings. The van der Waals surface area contributed by atoms with Gasteiger partial charge in [0.1, 0.15) is 0 Å². The Hall–Kier alpha value is -3.16. The Kier molecular flexibility index (Phi) is 4.75. The summed E-state index contributed by atoms with van der Waals surface area (Å²) in [6.45, 7) is 1.71. The molecule has 0 spiro atoms. The standard InChI is InChI=1S/C18H14F3N3O2/c1-11(14-8-4-5-9-22-14)24-17(25)15-16(26-10-23-15)12-6-2-3-7-13(12)18(19,20)21/h2-11H,1H3,(H,24,25). The summed E-state index contributed by atoms with van der Waals surface area (Å²) in [7, 11) is 0. The van der Waals surface area contributed by atoms with Crippen LogP contribution in [0.15, 0.2) is 59.5 Å². The number of nitrogens with zero attached hydrogens (tertiary/aromatic N) is 2. The zero-order valence-corrected chi connectivity index (χ0v) is 13.6. The fraction of sp³-hybridized carbons (Fsp3) is 0.167. The van der Waals surface area contributed by atoms with Crippen LogP contribution in [0.25, 0.3) is 11.3 Å². The molecule has 1 aromatic carbocycles. The molecule has 3 rings (SSSR count). The van der Waals surface area contributed by atoms with Gasteiger partial charge in [0.2, 0.25) is 0 Å². The Bertz CT molecular complexity index is 907. The van der Waals surface area contributed by atoms with Crippen LogP contribution in [-0.2, 0) is 6.18 Å². The second-order valence-corrected chi connectivity index (χ2v) is 5.52. The van der Waals surface area contributed by atoms with Crippen LogP contribution in [0.4, 0.5) is 13.2 Å². The molecule has 0 saturated heterocycles. The zero-order chi connectivity index (χ0) is 18.7. The van der Waals surface area contributed by atoms with Crippen molar-refractivity contribution in [3.63, 3.8) is 0 Å². The van der Waals surface area contributed by atoms with Gasteiger partial charge in [-0.05, 0) is 25.1 Å². The molecule has 2 aromatic heterocycles. The molecule has 0 bridgehead atoms.